The Kier molecular flexibility index (Phi) is 4.36. The van der Waals surface area contributed by atoms with Crippen LogP contribution < -0.4 is 5.32 Å². The zero-order chi connectivity index (χ0) is 15.4. The molecule has 8 heteroatoms. The van der Waals surface area contributed by atoms with E-state index in [1.165, 1.54) is 17.0 Å². The maximum atomic E-state index is 12.2. The molecule has 0 saturated heterocycles. The highest BCUT2D eigenvalue weighted by molar-refractivity contribution is 5.80. The van der Waals surface area contributed by atoms with Crippen molar-refractivity contribution in [3.8, 4) is 0 Å². The van der Waals surface area contributed by atoms with E-state index in [0.717, 1.165) is 0 Å². The van der Waals surface area contributed by atoms with Crippen molar-refractivity contribution in [3.05, 3.63) is 46.0 Å². The molecule has 0 aliphatic heterocycles. The Morgan fingerprint density at radius 2 is 2.38 bits per heavy atom. The lowest BCUT2D eigenvalue weighted by atomic mass is 10.2. The number of furan rings is 1. The van der Waals surface area contributed by atoms with Crippen LogP contribution in [-0.4, -0.2) is 20.6 Å². The monoisotopic (exact) mass is 292 g/mol. The number of aromatic nitrogens is 2. The molecule has 1 amide bonds. The van der Waals surface area contributed by atoms with Crippen LogP contribution in [0.1, 0.15) is 30.8 Å². The van der Waals surface area contributed by atoms with Crippen molar-refractivity contribution in [2.75, 3.05) is 0 Å². The van der Waals surface area contributed by atoms with Gasteiger partial charge in [0.15, 0.2) is 6.04 Å². The molecule has 2 aromatic heterocycles. The molecule has 2 heterocycles. The normalized spacial score (nSPS) is 12.1. The third-order valence-electron chi connectivity index (χ3n) is 3.10. The van der Waals surface area contributed by atoms with Gasteiger partial charge in [-0.3, -0.25) is 4.79 Å². The van der Waals surface area contributed by atoms with Gasteiger partial charge in [-0.15, -0.1) is 0 Å². The van der Waals surface area contributed by atoms with Crippen molar-refractivity contribution in [2.45, 2.75) is 32.9 Å². The molecule has 0 aliphatic rings. The number of nitrogens with one attached hydrogen (secondary N) is 1. The van der Waals surface area contributed by atoms with Crippen molar-refractivity contribution in [1.29, 1.82) is 0 Å². The average Bonchev–Trinajstić information content (AvgIpc) is 3.08. The standard InChI is InChI=1S/C13H16N4O4/c1-3-11(13(18)14-8-10-5-4-6-21-10)16-9(2)7-12(15-16)17(19)20/h4-7,11H,3,8H2,1-2H3,(H,14,18). The minimum absolute atomic E-state index is 0.255. The fourth-order valence-corrected chi connectivity index (χ4v) is 2.05. The summed E-state index contributed by atoms with van der Waals surface area (Å²) in [5.74, 6) is 0.126. The van der Waals surface area contributed by atoms with Gasteiger partial charge in [0, 0.05) is 0 Å². The molecule has 0 aromatic carbocycles. The van der Waals surface area contributed by atoms with Gasteiger partial charge in [0.05, 0.1) is 29.7 Å². The van der Waals surface area contributed by atoms with E-state index in [0.29, 0.717) is 17.9 Å². The Morgan fingerprint density at radius 3 is 2.90 bits per heavy atom. The smallest absolute Gasteiger partial charge is 0.390 e. The molecular weight excluding hydrogens is 276 g/mol. The predicted octanol–water partition coefficient (Wildman–Crippen LogP) is 1.96. The van der Waals surface area contributed by atoms with Crippen LogP contribution in [0.3, 0.4) is 0 Å². The van der Waals surface area contributed by atoms with Crippen molar-refractivity contribution in [3.63, 3.8) is 0 Å². The maximum absolute atomic E-state index is 12.2. The highest BCUT2D eigenvalue weighted by Gasteiger charge is 2.26. The lowest BCUT2D eigenvalue weighted by molar-refractivity contribution is -0.389. The first kappa shape index (κ1) is 14.8. The number of rotatable bonds is 6. The van der Waals surface area contributed by atoms with Gasteiger partial charge in [-0.05, 0) is 30.4 Å². The van der Waals surface area contributed by atoms with Crippen molar-refractivity contribution in [1.82, 2.24) is 15.1 Å². The molecule has 112 valence electrons. The highest BCUT2D eigenvalue weighted by Crippen LogP contribution is 2.19. The minimum atomic E-state index is -0.589. The van der Waals surface area contributed by atoms with Gasteiger partial charge in [0.1, 0.15) is 5.76 Å². The number of aryl methyl sites for hydroxylation is 1. The van der Waals surface area contributed by atoms with Crippen LogP contribution in [0.2, 0.25) is 0 Å². The molecule has 0 radical (unpaired) electrons. The molecule has 1 atom stereocenters. The third kappa shape index (κ3) is 3.28. The van der Waals surface area contributed by atoms with Crippen LogP contribution >= 0.6 is 0 Å². The summed E-state index contributed by atoms with van der Waals surface area (Å²) in [5, 5.41) is 17.4. The molecule has 2 aromatic rings. The van der Waals surface area contributed by atoms with E-state index < -0.39 is 11.0 Å². The largest absolute Gasteiger partial charge is 0.467 e. The Morgan fingerprint density at radius 1 is 1.62 bits per heavy atom. The van der Waals surface area contributed by atoms with Crippen molar-refractivity contribution in [2.24, 2.45) is 0 Å². The Labute approximate surface area is 120 Å². The fraction of sp³-hybridized carbons (Fsp3) is 0.385. The van der Waals surface area contributed by atoms with E-state index in [1.807, 2.05) is 6.92 Å². The number of carbonyl (C=O) groups is 1. The zero-order valence-electron chi connectivity index (χ0n) is 11.8. The van der Waals surface area contributed by atoms with Crippen LogP contribution in [0.4, 0.5) is 5.82 Å². The van der Waals surface area contributed by atoms with Gasteiger partial charge in [-0.25, -0.2) is 0 Å². The topological polar surface area (TPSA) is 103 Å². The van der Waals surface area contributed by atoms with E-state index in [9.17, 15) is 14.9 Å². The summed E-state index contributed by atoms with van der Waals surface area (Å²) in [5.41, 5.74) is 0.571. The second-order valence-electron chi connectivity index (χ2n) is 4.57. The van der Waals surface area contributed by atoms with E-state index >= 15 is 0 Å². The van der Waals surface area contributed by atoms with Crippen LogP contribution in [-0.2, 0) is 11.3 Å². The summed E-state index contributed by atoms with van der Waals surface area (Å²) in [6.45, 7) is 3.78. The number of amides is 1. The SMILES string of the molecule is CCC(C(=O)NCc1ccco1)n1nc([N+](=O)[O-])cc1C. The number of nitrogens with zero attached hydrogens (tertiary/aromatic N) is 3. The third-order valence-corrected chi connectivity index (χ3v) is 3.10. The lowest BCUT2D eigenvalue weighted by Gasteiger charge is -2.13. The first-order valence-corrected chi connectivity index (χ1v) is 6.53. The van der Waals surface area contributed by atoms with Gasteiger partial charge < -0.3 is 19.8 Å². The van der Waals surface area contributed by atoms with E-state index in [-0.39, 0.29) is 18.3 Å². The first-order valence-electron chi connectivity index (χ1n) is 6.53. The summed E-state index contributed by atoms with van der Waals surface area (Å²) < 4.78 is 6.52. The summed E-state index contributed by atoms with van der Waals surface area (Å²) in [4.78, 5) is 22.4. The zero-order valence-corrected chi connectivity index (χ0v) is 11.8. The molecule has 1 N–H and O–H groups in total. The summed E-state index contributed by atoms with van der Waals surface area (Å²) in [6.07, 6.45) is 2.00. The summed E-state index contributed by atoms with van der Waals surface area (Å²) in [7, 11) is 0. The second-order valence-corrected chi connectivity index (χ2v) is 4.57. The molecule has 8 nitrogen and oxygen atoms in total. The molecule has 21 heavy (non-hydrogen) atoms. The van der Waals surface area contributed by atoms with Crippen LogP contribution in [0, 0.1) is 17.0 Å². The second kappa shape index (κ2) is 6.21. The van der Waals surface area contributed by atoms with E-state index in [1.54, 1.807) is 19.1 Å². The molecule has 2 rings (SSSR count). The average molecular weight is 292 g/mol. The minimum Gasteiger partial charge on any atom is -0.467 e. The molecule has 0 spiro atoms. The molecule has 0 fully saturated rings. The van der Waals surface area contributed by atoms with Crippen molar-refractivity contribution >= 4 is 11.7 Å². The first-order chi connectivity index (χ1) is 10.0. The number of carbonyl (C=O) groups excluding carboxylic acids is 1. The number of hydrogen-bond acceptors (Lipinski definition) is 5. The van der Waals surface area contributed by atoms with Gasteiger partial charge in [0.2, 0.25) is 5.91 Å². The Bertz CT molecular complexity index is 633. The van der Waals surface area contributed by atoms with E-state index in [4.69, 9.17) is 4.42 Å². The molecule has 1 unspecified atom stereocenters. The quantitative estimate of drug-likeness (QED) is 0.647. The van der Waals surface area contributed by atoms with Gasteiger partial charge in [-0.1, -0.05) is 6.92 Å². The summed E-state index contributed by atoms with van der Waals surface area (Å²) in [6, 6.07) is 4.25. The van der Waals surface area contributed by atoms with Crippen LogP contribution in [0.15, 0.2) is 28.9 Å². The van der Waals surface area contributed by atoms with Gasteiger partial charge in [0.25, 0.3) is 0 Å². The fourth-order valence-electron chi connectivity index (χ4n) is 2.05. The number of hydrogen-bond donors (Lipinski definition) is 1. The maximum Gasteiger partial charge on any atom is 0.390 e. The summed E-state index contributed by atoms with van der Waals surface area (Å²) >= 11 is 0. The van der Waals surface area contributed by atoms with E-state index in [2.05, 4.69) is 10.4 Å². The molecule has 0 bridgehead atoms. The van der Waals surface area contributed by atoms with Gasteiger partial charge >= 0.3 is 5.82 Å². The Balaban J connectivity index is 2.11. The lowest BCUT2D eigenvalue weighted by Crippen LogP contribution is -2.32. The van der Waals surface area contributed by atoms with Crippen LogP contribution in [0.25, 0.3) is 0 Å². The van der Waals surface area contributed by atoms with Gasteiger partial charge in [-0.2, -0.15) is 4.68 Å². The van der Waals surface area contributed by atoms with Crippen molar-refractivity contribution < 1.29 is 14.1 Å². The molecule has 0 saturated carbocycles. The Hall–Kier alpha value is -2.64. The van der Waals surface area contributed by atoms with Crippen LogP contribution in [0.5, 0.6) is 0 Å². The molecule has 0 aliphatic carbocycles. The molecular formula is C13H16N4O4. The predicted molar refractivity (Wildman–Crippen MR) is 73.5 cm³/mol. The number of nitro groups is 1. The highest BCUT2D eigenvalue weighted by atomic mass is 16.6.